The molecule has 0 aliphatic heterocycles. The summed E-state index contributed by atoms with van der Waals surface area (Å²) in [6.45, 7) is 5.63. The van der Waals surface area contributed by atoms with Crippen molar-refractivity contribution in [2.24, 2.45) is 0 Å². The monoisotopic (exact) mass is 199 g/mol. The second-order valence-corrected chi connectivity index (χ2v) is 3.95. The Bertz CT molecular complexity index is 294. The second kappa shape index (κ2) is 4.39. The largest absolute Gasteiger partial charge is 0.285 e. The molecule has 0 saturated carbocycles. The van der Waals surface area contributed by atoms with Crippen LogP contribution in [0.2, 0.25) is 0 Å². The summed E-state index contributed by atoms with van der Waals surface area (Å²) in [5.74, 6) is -0.166. The first-order valence-electron chi connectivity index (χ1n) is 4.11. The van der Waals surface area contributed by atoms with Gasteiger partial charge in [0.15, 0.2) is 0 Å². The fourth-order valence-corrected chi connectivity index (χ4v) is 1.63. The van der Waals surface area contributed by atoms with Crippen LogP contribution in [-0.4, -0.2) is 12.0 Å². The summed E-state index contributed by atoms with van der Waals surface area (Å²) in [5.41, 5.74) is 3.38. The van der Waals surface area contributed by atoms with E-state index in [0.29, 0.717) is 4.88 Å². The highest BCUT2D eigenvalue weighted by atomic mass is 32.1. The molecule has 1 N–H and O–H groups in total. The van der Waals surface area contributed by atoms with Crippen molar-refractivity contribution in [1.82, 2.24) is 5.48 Å². The molecular formula is C9H13NO2S. The number of rotatable bonds is 3. The summed E-state index contributed by atoms with van der Waals surface area (Å²) >= 11 is 1.42. The van der Waals surface area contributed by atoms with E-state index in [9.17, 15) is 4.79 Å². The van der Waals surface area contributed by atoms with Crippen molar-refractivity contribution >= 4 is 17.2 Å². The lowest BCUT2D eigenvalue weighted by Crippen LogP contribution is -2.26. The molecule has 1 heterocycles. The third-order valence-electron chi connectivity index (χ3n) is 1.46. The molecule has 0 fully saturated rings. The van der Waals surface area contributed by atoms with Gasteiger partial charge in [-0.2, -0.15) is 0 Å². The molecule has 0 aliphatic carbocycles. The first-order valence-corrected chi connectivity index (χ1v) is 4.99. The highest BCUT2D eigenvalue weighted by Gasteiger charge is 2.10. The molecule has 1 rings (SSSR count). The maximum Gasteiger partial charge on any atom is 0.285 e. The van der Waals surface area contributed by atoms with E-state index >= 15 is 0 Å². The van der Waals surface area contributed by atoms with E-state index in [1.807, 2.05) is 32.2 Å². The van der Waals surface area contributed by atoms with Crippen LogP contribution in [0.15, 0.2) is 11.4 Å². The zero-order valence-corrected chi connectivity index (χ0v) is 8.77. The van der Waals surface area contributed by atoms with Crippen molar-refractivity contribution in [3.63, 3.8) is 0 Å². The number of hydroxylamine groups is 1. The third kappa shape index (κ3) is 2.82. The minimum Gasteiger partial charge on any atom is -0.271 e. The van der Waals surface area contributed by atoms with E-state index in [0.717, 1.165) is 5.56 Å². The normalized spacial score (nSPS) is 10.5. The van der Waals surface area contributed by atoms with Crippen LogP contribution >= 0.6 is 11.3 Å². The van der Waals surface area contributed by atoms with Crippen LogP contribution in [0.1, 0.15) is 29.1 Å². The molecule has 0 unspecified atom stereocenters. The van der Waals surface area contributed by atoms with Gasteiger partial charge in [-0.3, -0.25) is 9.63 Å². The summed E-state index contributed by atoms with van der Waals surface area (Å²) in [5, 5.41) is 1.89. The Kier molecular flexibility index (Phi) is 3.45. The van der Waals surface area contributed by atoms with Crippen LogP contribution in [0.4, 0.5) is 0 Å². The first-order chi connectivity index (χ1) is 6.11. The Morgan fingerprint density at radius 3 is 2.77 bits per heavy atom. The number of hydrogen-bond acceptors (Lipinski definition) is 3. The highest BCUT2D eigenvalue weighted by Crippen LogP contribution is 2.14. The molecule has 72 valence electrons. The van der Waals surface area contributed by atoms with Gasteiger partial charge in [-0.25, -0.2) is 5.48 Å². The molecule has 0 aromatic carbocycles. The quantitative estimate of drug-likeness (QED) is 0.757. The number of nitrogens with one attached hydrogen (secondary N) is 1. The first kappa shape index (κ1) is 10.2. The van der Waals surface area contributed by atoms with E-state index in [4.69, 9.17) is 4.84 Å². The summed E-state index contributed by atoms with van der Waals surface area (Å²) < 4.78 is 0. The van der Waals surface area contributed by atoms with Crippen LogP contribution in [0, 0.1) is 6.92 Å². The van der Waals surface area contributed by atoms with Gasteiger partial charge in [0.1, 0.15) is 0 Å². The minimum atomic E-state index is -0.166. The topological polar surface area (TPSA) is 38.3 Å². The smallest absolute Gasteiger partial charge is 0.271 e. The van der Waals surface area contributed by atoms with Crippen molar-refractivity contribution in [1.29, 1.82) is 0 Å². The van der Waals surface area contributed by atoms with E-state index < -0.39 is 0 Å². The molecule has 1 aromatic heterocycles. The van der Waals surface area contributed by atoms with Crippen molar-refractivity contribution in [2.45, 2.75) is 26.9 Å². The SMILES string of the molecule is Cc1ccsc1C(=O)NOC(C)C. The van der Waals surface area contributed by atoms with Crippen LogP contribution in [0.25, 0.3) is 0 Å². The average molecular weight is 199 g/mol. The van der Waals surface area contributed by atoms with Gasteiger partial charge in [-0.1, -0.05) is 0 Å². The summed E-state index contributed by atoms with van der Waals surface area (Å²) in [6.07, 6.45) is 0.00391. The molecule has 1 amide bonds. The Labute approximate surface area is 81.7 Å². The van der Waals surface area contributed by atoms with Crippen LogP contribution in [0.5, 0.6) is 0 Å². The molecule has 0 aliphatic rings. The number of amides is 1. The van der Waals surface area contributed by atoms with Crippen molar-refractivity contribution in [2.75, 3.05) is 0 Å². The molecule has 0 radical (unpaired) electrons. The molecular weight excluding hydrogens is 186 g/mol. The Morgan fingerprint density at radius 2 is 2.31 bits per heavy atom. The van der Waals surface area contributed by atoms with Gasteiger partial charge < -0.3 is 0 Å². The number of thiophene rings is 1. The predicted octanol–water partition coefficient (Wildman–Crippen LogP) is 2.13. The van der Waals surface area contributed by atoms with Crippen LogP contribution in [0.3, 0.4) is 0 Å². The van der Waals surface area contributed by atoms with Crippen LogP contribution in [-0.2, 0) is 4.84 Å². The lowest BCUT2D eigenvalue weighted by Gasteiger charge is -2.07. The Hall–Kier alpha value is -0.870. The van der Waals surface area contributed by atoms with E-state index in [2.05, 4.69) is 5.48 Å². The van der Waals surface area contributed by atoms with Gasteiger partial charge >= 0.3 is 0 Å². The van der Waals surface area contributed by atoms with E-state index in [1.165, 1.54) is 11.3 Å². The molecule has 3 nitrogen and oxygen atoms in total. The van der Waals surface area contributed by atoms with Crippen molar-refractivity contribution in [3.05, 3.63) is 21.9 Å². The van der Waals surface area contributed by atoms with Gasteiger partial charge in [0.05, 0.1) is 11.0 Å². The molecule has 0 atom stereocenters. The standard InChI is InChI=1S/C9H13NO2S/c1-6(2)12-10-9(11)8-7(3)4-5-13-8/h4-6H,1-3H3,(H,10,11). The number of hydrogen-bond donors (Lipinski definition) is 1. The maximum absolute atomic E-state index is 11.4. The Balaban J connectivity index is 2.54. The molecule has 0 spiro atoms. The fraction of sp³-hybridized carbons (Fsp3) is 0.444. The van der Waals surface area contributed by atoms with Gasteiger partial charge in [0.25, 0.3) is 5.91 Å². The Morgan fingerprint density at radius 1 is 1.62 bits per heavy atom. The van der Waals surface area contributed by atoms with Gasteiger partial charge in [-0.05, 0) is 37.8 Å². The highest BCUT2D eigenvalue weighted by molar-refractivity contribution is 7.12. The summed E-state index contributed by atoms with van der Waals surface area (Å²) in [6, 6.07) is 1.91. The zero-order valence-electron chi connectivity index (χ0n) is 7.96. The lowest BCUT2D eigenvalue weighted by molar-refractivity contribution is 0.000427. The number of carbonyl (C=O) groups is 1. The van der Waals surface area contributed by atoms with E-state index in [1.54, 1.807) is 0 Å². The fourth-order valence-electron chi connectivity index (χ4n) is 0.823. The van der Waals surface area contributed by atoms with Crippen molar-refractivity contribution in [3.8, 4) is 0 Å². The van der Waals surface area contributed by atoms with E-state index in [-0.39, 0.29) is 12.0 Å². The number of aryl methyl sites for hydroxylation is 1. The lowest BCUT2D eigenvalue weighted by atomic mass is 10.3. The second-order valence-electron chi connectivity index (χ2n) is 3.03. The van der Waals surface area contributed by atoms with Gasteiger partial charge in [0, 0.05) is 0 Å². The number of carbonyl (C=O) groups excluding carboxylic acids is 1. The summed E-state index contributed by atoms with van der Waals surface area (Å²) in [4.78, 5) is 17.1. The van der Waals surface area contributed by atoms with Gasteiger partial charge in [-0.15, -0.1) is 11.3 Å². The molecule has 0 bridgehead atoms. The minimum absolute atomic E-state index is 0.00391. The molecule has 1 aromatic rings. The zero-order chi connectivity index (χ0) is 9.84. The third-order valence-corrected chi connectivity index (χ3v) is 2.47. The van der Waals surface area contributed by atoms with Gasteiger partial charge in [0.2, 0.25) is 0 Å². The van der Waals surface area contributed by atoms with Crippen LogP contribution < -0.4 is 5.48 Å². The molecule has 4 heteroatoms. The maximum atomic E-state index is 11.4. The average Bonchev–Trinajstić information content (AvgIpc) is 2.47. The molecule has 13 heavy (non-hydrogen) atoms. The summed E-state index contributed by atoms with van der Waals surface area (Å²) in [7, 11) is 0. The van der Waals surface area contributed by atoms with Crippen molar-refractivity contribution < 1.29 is 9.63 Å². The molecule has 0 saturated heterocycles. The predicted molar refractivity (Wildman–Crippen MR) is 52.7 cm³/mol.